The van der Waals surface area contributed by atoms with Crippen LogP contribution in [0.1, 0.15) is 29.8 Å². The van der Waals surface area contributed by atoms with E-state index in [0.717, 1.165) is 12.2 Å². The molecule has 3 heteroatoms. The Morgan fingerprint density at radius 1 is 1.14 bits per heavy atom. The summed E-state index contributed by atoms with van der Waals surface area (Å²) in [5, 5.41) is 9.43. The van der Waals surface area contributed by atoms with Crippen molar-refractivity contribution < 1.29 is 0 Å². The molecule has 1 N–H and O–H groups in total. The van der Waals surface area contributed by atoms with Crippen LogP contribution in [0.3, 0.4) is 0 Å². The van der Waals surface area contributed by atoms with E-state index in [2.05, 4.69) is 72.8 Å². The molecule has 21 heavy (non-hydrogen) atoms. The SMILES string of the molecule is Cc1cccc([C@H](C)NCc2nn(C)c3ccccc23)c1. The molecule has 1 atom stereocenters. The van der Waals surface area contributed by atoms with Crippen molar-refractivity contribution in [2.75, 3.05) is 0 Å². The van der Waals surface area contributed by atoms with Gasteiger partial charge in [0.2, 0.25) is 0 Å². The minimum atomic E-state index is 0.311. The molecule has 0 aliphatic rings. The molecule has 3 nitrogen and oxygen atoms in total. The van der Waals surface area contributed by atoms with Crippen molar-refractivity contribution in [1.29, 1.82) is 0 Å². The first-order chi connectivity index (χ1) is 10.1. The molecule has 0 aliphatic heterocycles. The maximum absolute atomic E-state index is 4.63. The molecule has 1 aromatic heterocycles. The summed E-state index contributed by atoms with van der Waals surface area (Å²) in [5.41, 5.74) is 4.89. The maximum atomic E-state index is 4.63. The minimum Gasteiger partial charge on any atom is -0.304 e. The lowest BCUT2D eigenvalue weighted by molar-refractivity contribution is 0.563. The lowest BCUT2D eigenvalue weighted by Gasteiger charge is -2.14. The van der Waals surface area contributed by atoms with E-state index in [9.17, 15) is 0 Å². The third-order valence-electron chi connectivity index (χ3n) is 3.95. The molecule has 0 saturated carbocycles. The summed E-state index contributed by atoms with van der Waals surface area (Å²) in [6.07, 6.45) is 0. The first-order valence-corrected chi connectivity index (χ1v) is 7.35. The molecular formula is C18H21N3. The Labute approximate surface area is 125 Å². The monoisotopic (exact) mass is 279 g/mol. The highest BCUT2D eigenvalue weighted by Gasteiger charge is 2.10. The second kappa shape index (κ2) is 5.70. The molecule has 3 rings (SSSR count). The van der Waals surface area contributed by atoms with Crippen LogP contribution in [0.15, 0.2) is 48.5 Å². The summed E-state index contributed by atoms with van der Waals surface area (Å²) < 4.78 is 1.95. The number of benzene rings is 2. The summed E-state index contributed by atoms with van der Waals surface area (Å²) in [6.45, 7) is 5.10. The van der Waals surface area contributed by atoms with Crippen LogP contribution in [0.4, 0.5) is 0 Å². The highest BCUT2D eigenvalue weighted by Crippen LogP contribution is 2.19. The van der Waals surface area contributed by atoms with E-state index in [1.54, 1.807) is 0 Å². The highest BCUT2D eigenvalue weighted by molar-refractivity contribution is 5.81. The molecule has 0 saturated heterocycles. The zero-order valence-corrected chi connectivity index (χ0v) is 12.8. The van der Waals surface area contributed by atoms with Gasteiger partial charge in [-0.25, -0.2) is 0 Å². The van der Waals surface area contributed by atoms with Gasteiger partial charge in [0.15, 0.2) is 0 Å². The fraction of sp³-hybridized carbons (Fsp3) is 0.278. The molecule has 0 aliphatic carbocycles. The second-order valence-electron chi connectivity index (χ2n) is 5.60. The third kappa shape index (κ3) is 2.83. The lowest BCUT2D eigenvalue weighted by Crippen LogP contribution is -2.18. The maximum Gasteiger partial charge on any atom is 0.0841 e. The van der Waals surface area contributed by atoms with Gasteiger partial charge in [0.1, 0.15) is 0 Å². The van der Waals surface area contributed by atoms with Crippen LogP contribution in [0.2, 0.25) is 0 Å². The van der Waals surface area contributed by atoms with Gasteiger partial charge >= 0.3 is 0 Å². The van der Waals surface area contributed by atoms with Gasteiger partial charge in [0.05, 0.1) is 11.2 Å². The first-order valence-electron chi connectivity index (χ1n) is 7.35. The molecule has 108 valence electrons. The van der Waals surface area contributed by atoms with Crippen LogP contribution in [0, 0.1) is 6.92 Å². The molecule has 0 unspecified atom stereocenters. The number of aromatic nitrogens is 2. The van der Waals surface area contributed by atoms with Crippen molar-refractivity contribution in [3.63, 3.8) is 0 Å². The number of hydrogen-bond donors (Lipinski definition) is 1. The van der Waals surface area contributed by atoms with Crippen LogP contribution >= 0.6 is 0 Å². The van der Waals surface area contributed by atoms with Crippen molar-refractivity contribution >= 4 is 10.9 Å². The molecule has 3 aromatic rings. The normalized spacial score (nSPS) is 12.7. The predicted octanol–water partition coefficient (Wildman–Crippen LogP) is 3.73. The van der Waals surface area contributed by atoms with Gasteiger partial charge in [0.25, 0.3) is 0 Å². The van der Waals surface area contributed by atoms with Crippen LogP contribution in [-0.2, 0) is 13.6 Å². The van der Waals surface area contributed by atoms with E-state index in [4.69, 9.17) is 0 Å². The van der Waals surface area contributed by atoms with Crippen LogP contribution < -0.4 is 5.32 Å². The Morgan fingerprint density at radius 3 is 2.76 bits per heavy atom. The van der Waals surface area contributed by atoms with E-state index < -0.39 is 0 Å². The van der Waals surface area contributed by atoms with Crippen LogP contribution in [-0.4, -0.2) is 9.78 Å². The van der Waals surface area contributed by atoms with Gasteiger partial charge in [-0.2, -0.15) is 5.10 Å². The second-order valence-corrected chi connectivity index (χ2v) is 5.60. The lowest BCUT2D eigenvalue weighted by atomic mass is 10.1. The van der Waals surface area contributed by atoms with Crippen molar-refractivity contribution in [3.05, 3.63) is 65.4 Å². The molecule has 2 aromatic carbocycles. The Bertz CT molecular complexity index is 758. The van der Waals surface area contributed by atoms with Gasteiger partial charge in [-0.05, 0) is 25.5 Å². The van der Waals surface area contributed by atoms with Gasteiger partial charge in [-0.15, -0.1) is 0 Å². The van der Waals surface area contributed by atoms with Crippen LogP contribution in [0.25, 0.3) is 10.9 Å². The molecule has 0 bridgehead atoms. The minimum absolute atomic E-state index is 0.311. The van der Waals surface area contributed by atoms with Crippen molar-refractivity contribution in [3.8, 4) is 0 Å². The number of aryl methyl sites for hydroxylation is 2. The molecule has 0 fully saturated rings. The Hall–Kier alpha value is -2.13. The topological polar surface area (TPSA) is 29.9 Å². The van der Waals surface area contributed by atoms with E-state index >= 15 is 0 Å². The molecule has 1 heterocycles. The van der Waals surface area contributed by atoms with Crippen LogP contribution in [0.5, 0.6) is 0 Å². The predicted molar refractivity (Wildman–Crippen MR) is 87.1 cm³/mol. The average Bonchev–Trinajstić information content (AvgIpc) is 2.82. The molecule has 0 amide bonds. The molecular weight excluding hydrogens is 258 g/mol. The largest absolute Gasteiger partial charge is 0.304 e. The summed E-state index contributed by atoms with van der Waals surface area (Å²) >= 11 is 0. The summed E-state index contributed by atoms with van der Waals surface area (Å²) in [7, 11) is 2.00. The molecule has 0 spiro atoms. The van der Waals surface area contributed by atoms with Crippen molar-refractivity contribution in [2.45, 2.75) is 26.4 Å². The average molecular weight is 279 g/mol. The number of para-hydroxylation sites is 1. The number of fused-ring (bicyclic) bond motifs is 1. The van der Waals surface area contributed by atoms with E-state index in [1.807, 2.05) is 11.7 Å². The quantitative estimate of drug-likeness (QED) is 0.788. The Balaban J connectivity index is 1.77. The standard InChI is InChI=1S/C18H21N3/c1-13-7-6-8-15(11-13)14(2)19-12-17-16-9-4-5-10-18(16)21(3)20-17/h4-11,14,19H,12H2,1-3H3/t14-/m0/s1. The summed E-state index contributed by atoms with van der Waals surface area (Å²) in [6, 6.07) is 17.3. The zero-order valence-electron chi connectivity index (χ0n) is 12.8. The first kappa shape index (κ1) is 13.8. The fourth-order valence-corrected chi connectivity index (χ4v) is 2.73. The fourth-order valence-electron chi connectivity index (χ4n) is 2.73. The van der Waals surface area contributed by atoms with E-state index in [0.29, 0.717) is 6.04 Å². The zero-order chi connectivity index (χ0) is 14.8. The number of hydrogen-bond acceptors (Lipinski definition) is 2. The third-order valence-corrected chi connectivity index (χ3v) is 3.95. The molecule has 0 radical (unpaired) electrons. The van der Waals surface area contributed by atoms with Crippen molar-refractivity contribution in [2.24, 2.45) is 7.05 Å². The highest BCUT2D eigenvalue weighted by atomic mass is 15.3. The number of rotatable bonds is 4. The van der Waals surface area contributed by atoms with E-state index in [-0.39, 0.29) is 0 Å². The Morgan fingerprint density at radius 2 is 1.95 bits per heavy atom. The van der Waals surface area contributed by atoms with E-state index in [1.165, 1.54) is 22.0 Å². The Kier molecular flexibility index (Phi) is 3.76. The van der Waals surface area contributed by atoms with Gasteiger partial charge in [-0.1, -0.05) is 48.0 Å². The van der Waals surface area contributed by atoms with Gasteiger partial charge < -0.3 is 5.32 Å². The van der Waals surface area contributed by atoms with Crippen molar-refractivity contribution in [1.82, 2.24) is 15.1 Å². The van der Waals surface area contributed by atoms with Gasteiger partial charge in [-0.3, -0.25) is 4.68 Å². The number of nitrogens with zero attached hydrogens (tertiary/aromatic N) is 2. The summed E-state index contributed by atoms with van der Waals surface area (Å²) in [4.78, 5) is 0. The summed E-state index contributed by atoms with van der Waals surface area (Å²) in [5.74, 6) is 0. The number of nitrogens with one attached hydrogen (secondary N) is 1. The smallest absolute Gasteiger partial charge is 0.0841 e. The van der Waals surface area contributed by atoms with Gasteiger partial charge in [0, 0.05) is 25.0 Å².